The molecule has 1 aliphatic heterocycles. The number of rotatable bonds is 7. The molecular formula is C29H26F2N6S. The largest absolute Gasteiger partial charge is 0.353 e. The summed E-state index contributed by atoms with van der Waals surface area (Å²) in [5.41, 5.74) is 7.83. The molecule has 5 aromatic heterocycles. The van der Waals surface area contributed by atoms with Gasteiger partial charge in [0.15, 0.2) is 5.65 Å². The minimum atomic E-state index is -2.62. The molecule has 0 unspecified atom stereocenters. The first-order valence-electron chi connectivity index (χ1n) is 12.4. The van der Waals surface area contributed by atoms with Gasteiger partial charge in [-0.2, -0.15) is 16.4 Å². The molecule has 0 saturated carbocycles. The van der Waals surface area contributed by atoms with Crippen molar-refractivity contribution in [2.75, 3.05) is 19.6 Å². The predicted octanol–water partition coefficient (Wildman–Crippen LogP) is 7.09. The molecule has 0 bridgehead atoms. The monoisotopic (exact) mass is 528 g/mol. The maximum Gasteiger partial charge on any atom is 0.261 e. The molecule has 6 nitrogen and oxygen atoms in total. The molecule has 5 aromatic rings. The van der Waals surface area contributed by atoms with Crippen LogP contribution in [0.3, 0.4) is 0 Å². The second kappa shape index (κ2) is 9.74. The molecule has 0 aromatic carbocycles. The average Bonchev–Trinajstić information content (AvgIpc) is 3.69. The first-order chi connectivity index (χ1) is 18.4. The van der Waals surface area contributed by atoms with Crippen molar-refractivity contribution in [2.45, 2.75) is 19.3 Å². The van der Waals surface area contributed by atoms with Crippen molar-refractivity contribution in [3.05, 3.63) is 83.4 Å². The molecule has 1 aliphatic rings. The van der Waals surface area contributed by atoms with E-state index in [1.54, 1.807) is 22.4 Å². The predicted molar refractivity (Wildman–Crippen MR) is 150 cm³/mol. The van der Waals surface area contributed by atoms with Crippen molar-refractivity contribution < 1.29 is 8.78 Å². The average molecular weight is 529 g/mol. The Bertz CT molecular complexity index is 1690. The van der Waals surface area contributed by atoms with E-state index in [1.165, 1.54) is 0 Å². The Morgan fingerprint density at radius 2 is 2.13 bits per heavy atom. The van der Waals surface area contributed by atoms with Crippen molar-refractivity contribution in [1.82, 2.24) is 30.0 Å². The molecule has 192 valence electrons. The van der Waals surface area contributed by atoms with Gasteiger partial charge in [0.05, 0.1) is 23.6 Å². The van der Waals surface area contributed by atoms with Gasteiger partial charge in [0.25, 0.3) is 5.92 Å². The van der Waals surface area contributed by atoms with Gasteiger partial charge in [-0.05, 0) is 47.7 Å². The van der Waals surface area contributed by atoms with E-state index in [0.29, 0.717) is 18.7 Å². The number of pyridine rings is 2. The maximum atomic E-state index is 13.7. The second-order valence-electron chi connectivity index (χ2n) is 9.57. The fourth-order valence-corrected chi connectivity index (χ4v) is 5.61. The number of nitrogens with zero attached hydrogens (tertiary/aromatic N) is 4. The number of hydrogen-bond donors (Lipinski definition) is 2. The molecule has 0 atom stereocenters. The third-order valence-corrected chi connectivity index (χ3v) is 7.47. The van der Waals surface area contributed by atoms with E-state index in [4.69, 9.17) is 0 Å². The number of H-pyrrole nitrogens is 2. The molecule has 2 N–H and O–H groups in total. The number of alkyl halides is 2. The van der Waals surface area contributed by atoms with Crippen molar-refractivity contribution in [3.63, 3.8) is 0 Å². The summed E-state index contributed by atoms with van der Waals surface area (Å²) in [6.07, 6.45) is 9.26. The van der Waals surface area contributed by atoms with Crippen LogP contribution in [0, 0.1) is 0 Å². The quantitative estimate of drug-likeness (QED) is 0.221. The van der Waals surface area contributed by atoms with E-state index in [-0.39, 0.29) is 13.0 Å². The number of nitrogens with one attached hydrogen (secondary N) is 2. The minimum absolute atomic E-state index is 0.0977. The number of aromatic nitrogens is 5. The third kappa shape index (κ3) is 4.70. The fourth-order valence-electron chi connectivity index (χ4n) is 4.97. The van der Waals surface area contributed by atoms with Gasteiger partial charge in [0.2, 0.25) is 0 Å². The van der Waals surface area contributed by atoms with Gasteiger partial charge in [-0.3, -0.25) is 15.0 Å². The third-order valence-electron chi connectivity index (χ3n) is 6.79. The smallest absolute Gasteiger partial charge is 0.261 e. The van der Waals surface area contributed by atoms with Crippen LogP contribution in [0.1, 0.15) is 18.9 Å². The van der Waals surface area contributed by atoms with E-state index >= 15 is 0 Å². The Labute approximate surface area is 222 Å². The van der Waals surface area contributed by atoms with E-state index in [2.05, 4.69) is 49.2 Å². The highest BCUT2D eigenvalue weighted by molar-refractivity contribution is 7.08. The van der Waals surface area contributed by atoms with Crippen molar-refractivity contribution >= 4 is 38.8 Å². The highest BCUT2D eigenvalue weighted by Crippen LogP contribution is 2.34. The highest BCUT2D eigenvalue weighted by Gasteiger charge is 2.37. The van der Waals surface area contributed by atoms with Crippen LogP contribution in [0.15, 0.2) is 77.8 Å². The maximum absolute atomic E-state index is 13.7. The molecule has 9 heteroatoms. The topological polar surface area (TPSA) is 73.5 Å². The number of halogens is 2. The van der Waals surface area contributed by atoms with Crippen LogP contribution >= 0.6 is 11.3 Å². The summed E-state index contributed by atoms with van der Waals surface area (Å²) in [6.45, 7) is 6.79. The fraction of sp³-hybridized carbons (Fsp3) is 0.207. The van der Waals surface area contributed by atoms with Crippen LogP contribution in [-0.4, -0.2) is 55.6 Å². The van der Waals surface area contributed by atoms with Crippen molar-refractivity contribution in [3.8, 4) is 22.6 Å². The lowest BCUT2D eigenvalue weighted by molar-refractivity contribution is 0.0131. The van der Waals surface area contributed by atoms with Gasteiger partial charge in [-0.25, -0.2) is 13.8 Å². The number of allylic oxidation sites excluding steroid dienone is 3. The summed E-state index contributed by atoms with van der Waals surface area (Å²) in [7, 11) is 0. The Kier molecular flexibility index (Phi) is 6.25. The molecule has 0 spiro atoms. The Morgan fingerprint density at radius 1 is 1.24 bits per heavy atom. The normalized spacial score (nSPS) is 16.3. The summed E-state index contributed by atoms with van der Waals surface area (Å²) in [4.78, 5) is 14.4. The van der Waals surface area contributed by atoms with Crippen LogP contribution in [0.5, 0.6) is 0 Å². The van der Waals surface area contributed by atoms with Crippen molar-refractivity contribution in [1.29, 1.82) is 0 Å². The van der Waals surface area contributed by atoms with Gasteiger partial charge < -0.3 is 4.98 Å². The van der Waals surface area contributed by atoms with Gasteiger partial charge >= 0.3 is 0 Å². The van der Waals surface area contributed by atoms with Crippen LogP contribution in [-0.2, 0) is 0 Å². The van der Waals surface area contributed by atoms with Gasteiger partial charge in [0, 0.05) is 64.7 Å². The lowest BCUT2D eigenvalue weighted by Crippen LogP contribution is -2.26. The molecule has 6 rings (SSSR count). The summed E-state index contributed by atoms with van der Waals surface area (Å²) < 4.78 is 27.4. The van der Waals surface area contributed by atoms with E-state index in [1.807, 2.05) is 48.9 Å². The zero-order chi connectivity index (χ0) is 26.3. The van der Waals surface area contributed by atoms with Crippen LogP contribution in [0.2, 0.25) is 0 Å². The molecule has 6 heterocycles. The number of hydrogen-bond acceptors (Lipinski definition) is 5. The lowest BCUT2D eigenvalue weighted by atomic mass is 10.0. The molecule has 0 aliphatic carbocycles. The first kappa shape index (κ1) is 24.4. The van der Waals surface area contributed by atoms with Gasteiger partial charge in [0.1, 0.15) is 0 Å². The molecule has 38 heavy (non-hydrogen) atoms. The standard InChI is InChI=1S/C29H26F2N6S/c1-3-4-19(15-37-9-7-29(30,31)17-37)11-18(2)21-12-23-27(35-36-28(23)33-14-21)25-13-22-24(34-25)5-8-32-26(22)20-6-10-38-16-20/h3-6,8,10-14,16,34H,2,7,9,15,17H2,1H3,(H,33,35,36)/b4-3+,19-11+. The summed E-state index contributed by atoms with van der Waals surface area (Å²) in [6, 6.07) is 8.13. The van der Waals surface area contributed by atoms with E-state index in [0.717, 1.165) is 55.6 Å². The van der Waals surface area contributed by atoms with Crippen LogP contribution in [0.4, 0.5) is 8.78 Å². The van der Waals surface area contributed by atoms with Crippen molar-refractivity contribution in [2.24, 2.45) is 0 Å². The van der Waals surface area contributed by atoms with E-state index < -0.39 is 5.92 Å². The Morgan fingerprint density at radius 3 is 2.89 bits per heavy atom. The molecule has 1 saturated heterocycles. The molecule has 0 radical (unpaired) electrons. The lowest BCUT2D eigenvalue weighted by Gasteiger charge is -2.16. The zero-order valence-corrected chi connectivity index (χ0v) is 21.7. The minimum Gasteiger partial charge on any atom is -0.353 e. The molecule has 1 fully saturated rings. The number of fused-ring (bicyclic) bond motifs is 2. The summed E-state index contributed by atoms with van der Waals surface area (Å²) in [5, 5.41) is 13.6. The van der Waals surface area contributed by atoms with Gasteiger partial charge in [-0.1, -0.05) is 24.8 Å². The number of aromatic amines is 2. The Hall–Kier alpha value is -3.95. The Balaban J connectivity index is 1.33. The molecular weight excluding hydrogens is 502 g/mol. The SMILES string of the molecule is C=C(/C=C(\C=C\C)CN1CCC(F)(F)C1)c1cnc2n[nH]c(-c3cc4c(-c5ccsc5)nccc4[nH]3)c2c1. The number of thiophene rings is 1. The molecule has 0 amide bonds. The summed E-state index contributed by atoms with van der Waals surface area (Å²) >= 11 is 1.64. The van der Waals surface area contributed by atoms with Gasteiger partial charge in [-0.15, -0.1) is 0 Å². The first-order valence-corrected chi connectivity index (χ1v) is 13.3. The van der Waals surface area contributed by atoms with E-state index in [9.17, 15) is 8.78 Å². The zero-order valence-electron chi connectivity index (χ0n) is 20.8. The highest BCUT2D eigenvalue weighted by atomic mass is 32.1. The van der Waals surface area contributed by atoms with Crippen LogP contribution < -0.4 is 0 Å². The van der Waals surface area contributed by atoms with Crippen LogP contribution in [0.25, 0.3) is 50.2 Å². The second-order valence-corrected chi connectivity index (χ2v) is 10.4. The number of likely N-dealkylation sites (tertiary alicyclic amines) is 1. The summed E-state index contributed by atoms with van der Waals surface area (Å²) in [5.74, 6) is -2.62.